The van der Waals surface area contributed by atoms with Crippen molar-refractivity contribution >= 4 is 5.82 Å². The maximum atomic E-state index is 11.7. The molecule has 0 aromatic carbocycles. The van der Waals surface area contributed by atoms with Crippen molar-refractivity contribution in [3.05, 3.63) is 22.2 Å². The summed E-state index contributed by atoms with van der Waals surface area (Å²) in [5.74, 6) is 1.97. The van der Waals surface area contributed by atoms with E-state index in [0.29, 0.717) is 30.5 Å². The van der Waals surface area contributed by atoms with E-state index in [1.165, 1.54) is 6.07 Å². The molecule has 0 bridgehead atoms. The van der Waals surface area contributed by atoms with E-state index < -0.39 is 0 Å². The van der Waals surface area contributed by atoms with Crippen LogP contribution in [0.2, 0.25) is 0 Å². The average Bonchev–Trinajstić information content (AvgIpc) is 2.33. The molecule has 0 unspecified atom stereocenters. The van der Waals surface area contributed by atoms with Crippen molar-refractivity contribution in [1.29, 1.82) is 5.26 Å². The highest BCUT2D eigenvalue weighted by molar-refractivity contribution is 5.38. The molecular formula is C14H22N4O. The molecule has 0 amide bonds. The van der Waals surface area contributed by atoms with Gasteiger partial charge < -0.3 is 9.88 Å². The Morgan fingerprint density at radius 3 is 2.63 bits per heavy atom. The van der Waals surface area contributed by atoms with Crippen molar-refractivity contribution in [1.82, 2.24) is 9.97 Å². The molecule has 0 saturated carbocycles. The molecule has 1 aromatic rings. The number of anilines is 1. The third-order valence-corrected chi connectivity index (χ3v) is 2.70. The molecule has 0 aliphatic rings. The second kappa shape index (κ2) is 6.93. The molecule has 1 heterocycles. The predicted octanol–water partition coefficient (Wildman–Crippen LogP) is 2.27. The summed E-state index contributed by atoms with van der Waals surface area (Å²) in [7, 11) is 0. The fraction of sp³-hybridized carbons (Fsp3) is 0.643. The first-order valence-electron chi connectivity index (χ1n) is 6.67. The van der Waals surface area contributed by atoms with Crippen LogP contribution in [-0.4, -0.2) is 23.1 Å². The van der Waals surface area contributed by atoms with Gasteiger partial charge in [0.2, 0.25) is 0 Å². The zero-order valence-electron chi connectivity index (χ0n) is 12.1. The summed E-state index contributed by atoms with van der Waals surface area (Å²) in [6, 6.07) is 3.64. The van der Waals surface area contributed by atoms with Crippen LogP contribution in [0, 0.1) is 17.2 Å². The molecule has 5 nitrogen and oxygen atoms in total. The second-order valence-corrected chi connectivity index (χ2v) is 5.39. The Balaban J connectivity index is 3.07. The number of H-pyrrole nitrogens is 1. The lowest BCUT2D eigenvalue weighted by Gasteiger charge is -2.25. The number of hydrogen-bond acceptors (Lipinski definition) is 4. The fourth-order valence-electron chi connectivity index (χ4n) is 1.82. The van der Waals surface area contributed by atoms with Crippen LogP contribution in [0.5, 0.6) is 0 Å². The summed E-state index contributed by atoms with van der Waals surface area (Å²) in [6.07, 6.45) is 0.429. The predicted molar refractivity (Wildman–Crippen MR) is 76.2 cm³/mol. The van der Waals surface area contributed by atoms with Crippen molar-refractivity contribution in [3.8, 4) is 6.07 Å². The maximum absolute atomic E-state index is 11.7. The van der Waals surface area contributed by atoms with Crippen molar-refractivity contribution in [2.24, 2.45) is 5.92 Å². The van der Waals surface area contributed by atoms with E-state index in [2.05, 4.69) is 29.9 Å². The van der Waals surface area contributed by atoms with Crippen molar-refractivity contribution in [2.45, 2.75) is 40.0 Å². The molecule has 1 aromatic heterocycles. The van der Waals surface area contributed by atoms with Gasteiger partial charge in [0.05, 0.1) is 12.5 Å². The van der Waals surface area contributed by atoms with Gasteiger partial charge >= 0.3 is 0 Å². The third kappa shape index (κ3) is 4.74. The van der Waals surface area contributed by atoms with Crippen molar-refractivity contribution in [2.75, 3.05) is 18.0 Å². The number of aromatic amines is 1. The van der Waals surface area contributed by atoms with Crippen LogP contribution < -0.4 is 10.5 Å². The molecule has 0 spiro atoms. The first-order chi connectivity index (χ1) is 8.93. The van der Waals surface area contributed by atoms with Crippen LogP contribution in [-0.2, 0) is 0 Å². The number of aromatic nitrogens is 2. The molecule has 1 rings (SSSR count). The normalized spacial score (nSPS) is 10.8. The van der Waals surface area contributed by atoms with Gasteiger partial charge in [0.1, 0.15) is 11.6 Å². The van der Waals surface area contributed by atoms with Gasteiger partial charge in [-0.25, -0.2) is 4.98 Å². The van der Waals surface area contributed by atoms with Crippen LogP contribution in [0.25, 0.3) is 0 Å². The van der Waals surface area contributed by atoms with Gasteiger partial charge in [-0.2, -0.15) is 5.26 Å². The van der Waals surface area contributed by atoms with Gasteiger partial charge in [0.15, 0.2) is 0 Å². The van der Waals surface area contributed by atoms with E-state index in [-0.39, 0.29) is 11.5 Å². The number of hydrogen-bond donors (Lipinski definition) is 1. The summed E-state index contributed by atoms with van der Waals surface area (Å²) in [5.41, 5.74) is -0.139. The summed E-state index contributed by atoms with van der Waals surface area (Å²) in [5, 5.41) is 8.73. The number of rotatable bonds is 6. The number of nitriles is 1. The summed E-state index contributed by atoms with van der Waals surface area (Å²) in [4.78, 5) is 21.0. The first-order valence-corrected chi connectivity index (χ1v) is 6.67. The van der Waals surface area contributed by atoms with E-state index in [1.54, 1.807) is 0 Å². The SMILES string of the molecule is CC(C)CN(CCC#N)c1cc(=O)[nH]c(C(C)C)n1. The Labute approximate surface area is 114 Å². The first kappa shape index (κ1) is 15.2. The summed E-state index contributed by atoms with van der Waals surface area (Å²) < 4.78 is 0. The molecule has 0 aliphatic heterocycles. The largest absolute Gasteiger partial charge is 0.355 e. The van der Waals surface area contributed by atoms with Gasteiger partial charge in [0, 0.05) is 25.1 Å². The summed E-state index contributed by atoms with van der Waals surface area (Å²) >= 11 is 0. The van der Waals surface area contributed by atoms with Gasteiger partial charge in [-0.3, -0.25) is 4.79 Å². The van der Waals surface area contributed by atoms with Crippen molar-refractivity contribution < 1.29 is 0 Å². The Morgan fingerprint density at radius 2 is 2.11 bits per heavy atom. The zero-order chi connectivity index (χ0) is 14.4. The Bertz CT molecular complexity index is 499. The van der Waals surface area contributed by atoms with Crippen LogP contribution in [0.1, 0.15) is 45.9 Å². The highest BCUT2D eigenvalue weighted by Gasteiger charge is 2.13. The minimum absolute atomic E-state index is 0.139. The highest BCUT2D eigenvalue weighted by Crippen LogP contribution is 2.14. The molecule has 0 aliphatic carbocycles. The summed E-state index contributed by atoms with van der Waals surface area (Å²) in [6.45, 7) is 9.58. The Kier molecular flexibility index (Phi) is 5.56. The van der Waals surface area contributed by atoms with E-state index in [4.69, 9.17) is 5.26 Å². The Hall–Kier alpha value is -1.83. The zero-order valence-corrected chi connectivity index (χ0v) is 12.1. The molecule has 0 saturated heterocycles. The van der Waals surface area contributed by atoms with E-state index in [9.17, 15) is 4.79 Å². The maximum Gasteiger partial charge on any atom is 0.252 e. The number of nitrogens with zero attached hydrogens (tertiary/aromatic N) is 3. The second-order valence-electron chi connectivity index (χ2n) is 5.39. The molecule has 1 N–H and O–H groups in total. The molecular weight excluding hydrogens is 240 g/mol. The Morgan fingerprint density at radius 1 is 1.42 bits per heavy atom. The molecule has 0 atom stereocenters. The third-order valence-electron chi connectivity index (χ3n) is 2.70. The number of nitrogens with one attached hydrogen (secondary N) is 1. The minimum atomic E-state index is -0.139. The lowest BCUT2D eigenvalue weighted by molar-refractivity contribution is 0.604. The van der Waals surface area contributed by atoms with Crippen LogP contribution in [0.3, 0.4) is 0 Å². The monoisotopic (exact) mass is 262 g/mol. The molecule has 0 fully saturated rings. The quantitative estimate of drug-likeness (QED) is 0.853. The van der Waals surface area contributed by atoms with Gasteiger partial charge in [0.25, 0.3) is 5.56 Å². The van der Waals surface area contributed by atoms with E-state index in [1.807, 2.05) is 18.7 Å². The molecule has 104 valence electrons. The molecule has 19 heavy (non-hydrogen) atoms. The lowest BCUT2D eigenvalue weighted by atomic mass is 10.2. The standard InChI is InChI=1S/C14H22N4O/c1-10(2)9-18(7-5-6-15)12-8-13(19)17-14(16-12)11(3)4/h8,10-11H,5,7,9H2,1-4H3,(H,16,17,19). The van der Waals surface area contributed by atoms with Crippen molar-refractivity contribution in [3.63, 3.8) is 0 Å². The van der Waals surface area contributed by atoms with E-state index >= 15 is 0 Å². The van der Waals surface area contributed by atoms with Crippen LogP contribution in [0.15, 0.2) is 10.9 Å². The van der Waals surface area contributed by atoms with Gasteiger partial charge in [-0.05, 0) is 5.92 Å². The van der Waals surface area contributed by atoms with Gasteiger partial charge in [-0.15, -0.1) is 0 Å². The van der Waals surface area contributed by atoms with Gasteiger partial charge in [-0.1, -0.05) is 27.7 Å². The molecule has 0 radical (unpaired) electrons. The van der Waals surface area contributed by atoms with Crippen LogP contribution in [0.4, 0.5) is 5.82 Å². The fourth-order valence-corrected chi connectivity index (χ4v) is 1.82. The highest BCUT2D eigenvalue weighted by atomic mass is 16.1. The van der Waals surface area contributed by atoms with Crippen LogP contribution >= 0.6 is 0 Å². The van der Waals surface area contributed by atoms with E-state index in [0.717, 1.165) is 6.54 Å². The minimum Gasteiger partial charge on any atom is -0.355 e. The smallest absolute Gasteiger partial charge is 0.252 e. The molecule has 5 heteroatoms. The topological polar surface area (TPSA) is 72.8 Å². The average molecular weight is 262 g/mol. The lowest BCUT2D eigenvalue weighted by Crippen LogP contribution is -2.31.